The summed E-state index contributed by atoms with van der Waals surface area (Å²) in [6.07, 6.45) is 1.97. The number of methoxy groups -OCH3 is 1. The van der Waals surface area contributed by atoms with Crippen LogP contribution in [0.4, 0.5) is 11.4 Å². The van der Waals surface area contributed by atoms with Crippen molar-refractivity contribution in [1.82, 2.24) is 0 Å². The van der Waals surface area contributed by atoms with Crippen molar-refractivity contribution in [3.63, 3.8) is 0 Å². The average molecular weight is 396 g/mol. The van der Waals surface area contributed by atoms with E-state index < -0.39 is 0 Å². The van der Waals surface area contributed by atoms with Gasteiger partial charge in [-0.25, -0.2) is 0 Å². The molecule has 2 aliphatic heterocycles. The predicted octanol–water partition coefficient (Wildman–Crippen LogP) is 3.11. The van der Waals surface area contributed by atoms with E-state index in [9.17, 15) is 0 Å². The van der Waals surface area contributed by atoms with Gasteiger partial charge < -0.3 is 30.2 Å². The van der Waals surface area contributed by atoms with Crippen molar-refractivity contribution in [3.8, 4) is 17.2 Å². The van der Waals surface area contributed by atoms with Crippen LogP contribution in [0, 0.1) is 5.92 Å². The fourth-order valence-electron chi connectivity index (χ4n) is 3.75. The number of ether oxygens (including phenoxy) is 3. The van der Waals surface area contributed by atoms with Crippen LogP contribution in [0.5, 0.6) is 17.2 Å². The molecule has 0 amide bonds. The highest BCUT2D eigenvalue weighted by atomic mass is 16.5. The minimum atomic E-state index is 0.412. The zero-order valence-electron chi connectivity index (χ0n) is 16.8. The number of fused-ring (bicyclic) bond motifs is 1. The van der Waals surface area contributed by atoms with Gasteiger partial charge in [0.1, 0.15) is 5.75 Å². The van der Waals surface area contributed by atoms with E-state index in [1.807, 2.05) is 36.4 Å². The van der Waals surface area contributed by atoms with Gasteiger partial charge in [0, 0.05) is 37.8 Å². The second kappa shape index (κ2) is 8.94. The largest absolute Gasteiger partial charge is 0.495 e. The SMILES string of the molecule is COc1ccccc1N1CCC(CN=C(N)Nc2ccc3c(c2)OCCCO3)C1. The van der Waals surface area contributed by atoms with Gasteiger partial charge in [-0.2, -0.15) is 0 Å². The molecule has 7 heteroatoms. The predicted molar refractivity (Wildman–Crippen MR) is 115 cm³/mol. The molecule has 4 rings (SSSR count). The van der Waals surface area contributed by atoms with Crippen LogP contribution in [0.1, 0.15) is 12.8 Å². The zero-order chi connectivity index (χ0) is 20.1. The van der Waals surface area contributed by atoms with E-state index in [-0.39, 0.29) is 0 Å². The normalized spacial score (nSPS) is 19.0. The second-order valence-corrected chi connectivity index (χ2v) is 7.34. The number of para-hydroxylation sites is 2. The van der Waals surface area contributed by atoms with Gasteiger partial charge in [0.25, 0.3) is 0 Å². The summed E-state index contributed by atoms with van der Waals surface area (Å²) in [4.78, 5) is 6.91. The first-order valence-corrected chi connectivity index (χ1v) is 10.1. The summed E-state index contributed by atoms with van der Waals surface area (Å²) in [5, 5.41) is 3.16. The lowest BCUT2D eigenvalue weighted by Crippen LogP contribution is -2.25. The number of anilines is 2. The standard InChI is InChI=1S/C22H28N4O3/c1-27-19-6-3-2-5-18(19)26-10-9-16(15-26)14-24-22(23)25-17-7-8-20-21(13-17)29-12-4-11-28-20/h2-3,5-8,13,16H,4,9-12,14-15H2,1H3,(H3,23,24,25). The molecule has 29 heavy (non-hydrogen) atoms. The Morgan fingerprint density at radius 1 is 1.21 bits per heavy atom. The molecule has 3 N–H and O–H groups in total. The maximum Gasteiger partial charge on any atom is 0.193 e. The number of nitrogens with two attached hydrogens (primary N) is 1. The van der Waals surface area contributed by atoms with Gasteiger partial charge in [0.15, 0.2) is 17.5 Å². The van der Waals surface area contributed by atoms with Crippen LogP contribution in [0.2, 0.25) is 0 Å². The lowest BCUT2D eigenvalue weighted by Gasteiger charge is -2.21. The van der Waals surface area contributed by atoms with Crippen LogP contribution in [0.3, 0.4) is 0 Å². The topological polar surface area (TPSA) is 81.3 Å². The van der Waals surface area contributed by atoms with E-state index in [2.05, 4.69) is 21.3 Å². The molecule has 1 saturated heterocycles. The third-order valence-corrected chi connectivity index (χ3v) is 5.25. The molecule has 0 saturated carbocycles. The molecular weight excluding hydrogens is 368 g/mol. The van der Waals surface area contributed by atoms with E-state index in [4.69, 9.17) is 19.9 Å². The minimum absolute atomic E-state index is 0.412. The van der Waals surface area contributed by atoms with Crippen LogP contribution in [-0.2, 0) is 0 Å². The molecule has 2 aromatic rings. The van der Waals surface area contributed by atoms with Crippen molar-refractivity contribution in [2.45, 2.75) is 12.8 Å². The Morgan fingerprint density at radius 3 is 2.90 bits per heavy atom. The number of guanidine groups is 1. The third-order valence-electron chi connectivity index (χ3n) is 5.25. The highest BCUT2D eigenvalue weighted by Gasteiger charge is 2.24. The highest BCUT2D eigenvalue weighted by molar-refractivity contribution is 5.92. The first kappa shape index (κ1) is 19.2. The Kier molecular flexibility index (Phi) is 5.93. The first-order chi connectivity index (χ1) is 14.2. The van der Waals surface area contributed by atoms with Crippen LogP contribution >= 0.6 is 0 Å². The van der Waals surface area contributed by atoms with Gasteiger partial charge in [0.2, 0.25) is 0 Å². The lowest BCUT2D eigenvalue weighted by atomic mass is 10.1. The molecule has 154 valence electrons. The van der Waals surface area contributed by atoms with E-state index in [0.717, 1.165) is 54.6 Å². The summed E-state index contributed by atoms with van der Waals surface area (Å²) in [6.45, 7) is 3.97. The molecule has 0 bridgehead atoms. The summed E-state index contributed by atoms with van der Waals surface area (Å²) < 4.78 is 16.9. The van der Waals surface area contributed by atoms with Gasteiger partial charge in [-0.15, -0.1) is 0 Å². The van der Waals surface area contributed by atoms with Crippen LogP contribution in [0.15, 0.2) is 47.5 Å². The number of rotatable bonds is 5. The van der Waals surface area contributed by atoms with E-state index >= 15 is 0 Å². The van der Waals surface area contributed by atoms with Gasteiger partial charge >= 0.3 is 0 Å². The van der Waals surface area contributed by atoms with E-state index in [1.165, 1.54) is 0 Å². The molecule has 7 nitrogen and oxygen atoms in total. The summed E-state index contributed by atoms with van der Waals surface area (Å²) in [5.41, 5.74) is 8.10. The molecule has 2 heterocycles. The molecule has 0 spiro atoms. The molecule has 1 unspecified atom stereocenters. The molecule has 2 aromatic carbocycles. The van der Waals surface area contributed by atoms with E-state index in [0.29, 0.717) is 31.6 Å². The Bertz CT molecular complexity index is 871. The quantitative estimate of drug-likeness (QED) is 0.597. The highest BCUT2D eigenvalue weighted by Crippen LogP contribution is 2.33. The number of nitrogens with one attached hydrogen (secondary N) is 1. The maximum atomic E-state index is 6.12. The maximum absolute atomic E-state index is 6.12. The molecule has 2 aliphatic rings. The first-order valence-electron chi connectivity index (χ1n) is 10.1. The third kappa shape index (κ3) is 4.67. The van der Waals surface area contributed by atoms with E-state index in [1.54, 1.807) is 7.11 Å². The monoisotopic (exact) mass is 396 g/mol. The number of benzene rings is 2. The van der Waals surface area contributed by atoms with Gasteiger partial charge in [0.05, 0.1) is 26.0 Å². The number of nitrogens with zero attached hydrogens (tertiary/aromatic N) is 2. The van der Waals surface area contributed by atoms with Crippen molar-refractivity contribution >= 4 is 17.3 Å². The summed E-state index contributed by atoms with van der Waals surface area (Å²) in [6, 6.07) is 13.9. The van der Waals surface area contributed by atoms with Gasteiger partial charge in [-0.05, 0) is 36.6 Å². The Labute approximate surface area is 171 Å². The van der Waals surface area contributed by atoms with Crippen LogP contribution in [0.25, 0.3) is 0 Å². The molecule has 1 atom stereocenters. The molecule has 0 aliphatic carbocycles. The van der Waals surface area contributed by atoms with Gasteiger partial charge in [-0.1, -0.05) is 12.1 Å². The van der Waals surface area contributed by atoms with Crippen LogP contribution < -0.4 is 30.2 Å². The Balaban J connectivity index is 1.33. The Hall–Kier alpha value is -3.09. The fraction of sp³-hybridized carbons (Fsp3) is 0.409. The summed E-state index contributed by atoms with van der Waals surface area (Å²) >= 11 is 0. The van der Waals surface area contributed by atoms with Crippen molar-refractivity contribution in [2.75, 3.05) is 50.2 Å². The molecule has 1 fully saturated rings. The smallest absolute Gasteiger partial charge is 0.193 e. The second-order valence-electron chi connectivity index (χ2n) is 7.34. The number of hydrogen-bond donors (Lipinski definition) is 2. The average Bonchev–Trinajstić information content (AvgIpc) is 3.10. The number of hydrogen-bond acceptors (Lipinski definition) is 5. The summed E-state index contributed by atoms with van der Waals surface area (Å²) in [7, 11) is 1.71. The molecule has 0 aromatic heterocycles. The lowest BCUT2D eigenvalue weighted by molar-refractivity contribution is 0.297. The molecule has 0 radical (unpaired) electrons. The van der Waals surface area contributed by atoms with Crippen molar-refractivity contribution in [1.29, 1.82) is 0 Å². The molecular formula is C22H28N4O3. The van der Waals surface area contributed by atoms with Crippen molar-refractivity contribution in [3.05, 3.63) is 42.5 Å². The van der Waals surface area contributed by atoms with Crippen LogP contribution in [-0.4, -0.2) is 45.9 Å². The van der Waals surface area contributed by atoms with Gasteiger partial charge in [-0.3, -0.25) is 4.99 Å². The fourth-order valence-corrected chi connectivity index (χ4v) is 3.75. The number of aliphatic imine (C=N–C) groups is 1. The summed E-state index contributed by atoms with van der Waals surface area (Å²) in [5.74, 6) is 3.29. The Morgan fingerprint density at radius 2 is 2.03 bits per heavy atom. The van der Waals surface area contributed by atoms with Crippen molar-refractivity contribution in [2.24, 2.45) is 16.6 Å². The van der Waals surface area contributed by atoms with Crippen molar-refractivity contribution < 1.29 is 14.2 Å². The minimum Gasteiger partial charge on any atom is -0.495 e. The zero-order valence-corrected chi connectivity index (χ0v) is 16.8.